The molecule has 1 saturated heterocycles. The predicted octanol–water partition coefficient (Wildman–Crippen LogP) is 1.13. The first-order chi connectivity index (χ1) is 8.20. The Morgan fingerprint density at radius 2 is 2.47 bits per heavy atom. The number of aromatic nitrogens is 2. The molecule has 1 fully saturated rings. The van der Waals surface area contributed by atoms with E-state index in [1.807, 2.05) is 0 Å². The summed E-state index contributed by atoms with van der Waals surface area (Å²) in [6.07, 6.45) is 3.30. The fourth-order valence-electron chi connectivity index (χ4n) is 2.10. The summed E-state index contributed by atoms with van der Waals surface area (Å²) in [5.41, 5.74) is 0.618. The van der Waals surface area contributed by atoms with Gasteiger partial charge < -0.3 is 9.47 Å². The smallest absolute Gasteiger partial charge is 0.299 e. The van der Waals surface area contributed by atoms with Gasteiger partial charge in [-0.3, -0.25) is 9.36 Å². The molecule has 94 valence electrons. The summed E-state index contributed by atoms with van der Waals surface area (Å²) >= 11 is 0. The lowest BCUT2D eigenvalue weighted by Gasteiger charge is -2.13. The van der Waals surface area contributed by atoms with Crippen molar-refractivity contribution in [1.82, 2.24) is 9.55 Å². The molecule has 1 atom stereocenters. The van der Waals surface area contributed by atoms with Crippen LogP contribution in [0.15, 0.2) is 10.9 Å². The Morgan fingerprint density at radius 3 is 3.12 bits per heavy atom. The Hall–Kier alpha value is -1.36. The monoisotopic (exact) mass is 238 g/mol. The van der Waals surface area contributed by atoms with Crippen molar-refractivity contribution in [2.24, 2.45) is 0 Å². The van der Waals surface area contributed by atoms with Crippen LogP contribution in [0.25, 0.3) is 0 Å². The van der Waals surface area contributed by atoms with Gasteiger partial charge in [-0.1, -0.05) is 0 Å². The molecular weight excluding hydrogens is 220 g/mol. The molecule has 1 aromatic heterocycles. The molecule has 2 heterocycles. The van der Waals surface area contributed by atoms with Crippen molar-refractivity contribution >= 4 is 0 Å². The van der Waals surface area contributed by atoms with E-state index in [-0.39, 0.29) is 11.7 Å². The molecule has 0 saturated carbocycles. The van der Waals surface area contributed by atoms with Crippen molar-refractivity contribution in [1.29, 1.82) is 0 Å². The summed E-state index contributed by atoms with van der Waals surface area (Å²) in [7, 11) is 1.53. The van der Waals surface area contributed by atoms with Gasteiger partial charge in [0.15, 0.2) is 0 Å². The number of nitrogens with zero attached hydrogens (tertiary/aromatic N) is 2. The van der Waals surface area contributed by atoms with Crippen molar-refractivity contribution in [3.05, 3.63) is 22.1 Å². The first-order valence-electron chi connectivity index (χ1n) is 5.95. The Balaban J connectivity index is 2.11. The molecule has 0 N–H and O–H groups in total. The van der Waals surface area contributed by atoms with Crippen LogP contribution in [0.4, 0.5) is 0 Å². The molecule has 1 aliphatic rings. The highest BCUT2D eigenvalue weighted by atomic mass is 16.5. The molecule has 0 spiro atoms. The lowest BCUT2D eigenvalue weighted by atomic mass is 10.2. The van der Waals surface area contributed by atoms with Gasteiger partial charge >= 0.3 is 0 Å². The van der Waals surface area contributed by atoms with Crippen molar-refractivity contribution in [2.75, 3.05) is 13.7 Å². The average molecular weight is 238 g/mol. The highest BCUT2D eigenvalue weighted by Gasteiger charge is 2.16. The minimum atomic E-state index is -0.0626. The van der Waals surface area contributed by atoms with Crippen molar-refractivity contribution < 1.29 is 9.47 Å². The van der Waals surface area contributed by atoms with Crippen LogP contribution in [0.2, 0.25) is 0 Å². The van der Waals surface area contributed by atoms with E-state index in [0.29, 0.717) is 18.2 Å². The maximum Gasteiger partial charge on any atom is 0.299 e. The lowest BCUT2D eigenvalue weighted by Crippen LogP contribution is -2.24. The Bertz CT molecular complexity index is 436. The largest absolute Gasteiger partial charge is 0.468 e. The quantitative estimate of drug-likeness (QED) is 0.789. The molecule has 1 aromatic rings. The second kappa shape index (κ2) is 5.31. The van der Waals surface area contributed by atoms with Crippen molar-refractivity contribution in [3.63, 3.8) is 0 Å². The molecule has 0 radical (unpaired) electrons. The fourth-order valence-corrected chi connectivity index (χ4v) is 2.10. The third-order valence-corrected chi connectivity index (χ3v) is 2.98. The minimum absolute atomic E-state index is 0.0626. The van der Waals surface area contributed by atoms with E-state index >= 15 is 0 Å². The van der Waals surface area contributed by atoms with E-state index in [1.54, 1.807) is 11.5 Å². The summed E-state index contributed by atoms with van der Waals surface area (Å²) in [6.45, 7) is 3.22. The van der Waals surface area contributed by atoms with Gasteiger partial charge in [0.2, 0.25) is 0 Å². The van der Waals surface area contributed by atoms with E-state index < -0.39 is 0 Å². The SMILES string of the molecule is COc1nc(C)cc(=O)n1CCC1CCCO1. The molecule has 1 unspecified atom stereocenters. The van der Waals surface area contributed by atoms with Crippen LogP contribution in [0, 0.1) is 6.92 Å². The van der Waals surface area contributed by atoms with Gasteiger partial charge in [-0.05, 0) is 26.2 Å². The third-order valence-electron chi connectivity index (χ3n) is 2.98. The van der Waals surface area contributed by atoms with Crippen LogP contribution in [-0.2, 0) is 11.3 Å². The Morgan fingerprint density at radius 1 is 1.65 bits per heavy atom. The standard InChI is InChI=1S/C12H18N2O3/c1-9-8-11(15)14(12(13-9)16-2)6-5-10-4-3-7-17-10/h8,10H,3-7H2,1-2H3. The Labute approximate surface area is 100 Å². The molecule has 0 aliphatic carbocycles. The predicted molar refractivity (Wildman–Crippen MR) is 63.4 cm³/mol. The normalized spacial score (nSPS) is 19.5. The molecule has 2 rings (SSSR count). The third kappa shape index (κ3) is 2.85. The maximum absolute atomic E-state index is 11.8. The van der Waals surface area contributed by atoms with Crippen LogP contribution < -0.4 is 10.3 Å². The zero-order valence-electron chi connectivity index (χ0n) is 10.3. The van der Waals surface area contributed by atoms with E-state index in [4.69, 9.17) is 9.47 Å². The van der Waals surface area contributed by atoms with E-state index in [0.717, 1.165) is 25.9 Å². The van der Waals surface area contributed by atoms with Gasteiger partial charge in [0, 0.05) is 24.9 Å². The number of methoxy groups -OCH3 is 1. The van der Waals surface area contributed by atoms with E-state index in [1.165, 1.54) is 13.2 Å². The summed E-state index contributed by atoms with van der Waals surface area (Å²) < 4.78 is 12.2. The summed E-state index contributed by atoms with van der Waals surface area (Å²) in [5.74, 6) is 0. The lowest BCUT2D eigenvalue weighted by molar-refractivity contribution is 0.0992. The van der Waals surface area contributed by atoms with Crippen LogP contribution in [0.3, 0.4) is 0 Å². The van der Waals surface area contributed by atoms with Gasteiger partial charge in [-0.2, -0.15) is 0 Å². The maximum atomic E-state index is 11.8. The second-order valence-corrected chi connectivity index (χ2v) is 4.30. The van der Waals surface area contributed by atoms with Gasteiger partial charge in [0.05, 0.1) is 13.2 Å². The summed E-state index contributed by atoms with van der Waals surface area (Å²) in [5, 5.41) is 0. The van der Waals surface area contributed by atoms with E-state index in [9.17, 15) is 4.79 Å². The molecule has 5 heteroatoms. The van der Waals surface area contributed by atoms with Crippen molar-refractivity contribution in [3.8, 4) is 6.01 Å². The zero-order valence-corrected chi connectivity index (χ0v) is 10.3. The number of hydrogen-bond acceptors (Lipinski definition) is 4. The van der Waals surface area contributed by atoms with Gasteiger partial charge in [-0.25, -0.2) is 4.98 Å². The molecule has 0 amide bonds. The average Bonchev–Trinajstić information content (AvgIpc) is 2.79. The van der Waals surface area contributed by atoms with Crippen LogP contribution >= 0.6 is 0 Å². The molecular formula is C12H18N2O3. The number of rotatable bonds is 4. The minimum Gasteiger partial charge on any atom is -0.468 e. The topological polar surface area (TPSA) is 53.3 Å². The highest BCUT2D eigenvalue weighted by Crippen LogP contribution is 2.16. The first-order valence-corrected chi connectivity index (χ1v) is 5.95. The second-order valence-electron chi connectivity index (χ2n) is 4.30. The van der Waals surface area contributed by atoms with E-state index in [2.05, 4.69) is 4.98 Å². The van der Waals surface area contributed by atoms with Crippen molar-refractivity contribution in [2.45, 2.75) is 38.8 Å². The summed E-state index contributed by atoms with van der Waals surface area (Å²) in [6, 6.07) is 1.91. The van der Waals surface area contributed by atoms with Gasteiger partial charge in [0.25, 0.3) is 11.6 Å². The van der Waals surface area contributed by atoms with Gasteiger partial charge in [0.1, 0.15) is 0 Å². The van der Waals surface area contributed by atoms with Gasteiger partial charge in [-0.15, -0.1) is 0 Å². The number of hydrogen-bond donors (Lipinski definition) is 0. The van der Waals surface area contributed by atoms with Crippen LogP contribution in [0.5, 0.6) is 6.01 Å². The Kier molecular flexibility index (Phi) is 3.78. The van der Waals surface area contributed by atoms with Crippen LogP contribution in [-0.4, -0.2) is 29.4 Å². The molecule has 1 aliphatic heterocycles. The number of aryl methyl sites for hydroxylation is 1. The molecule has 17 heavy (non-hydrogen) atoms. The summed E-state index contributed by atoms with van der Waals surface area (Å²) in [4.78, 5) is 16.0. The highest BCUT2D eigenvalue weighted by molar-refractivity contribution is 5.06. The molecule has 0 aromatic carbocycles. The fraction of sp³-hybridized carbons (Fsp3) is 0.667. The molecule has 5 nitrogen and oxygen atoms in total. The number of ether oxygens (including phenoxy) is 2. The molecule has 0 bridgehead atoms. The van der Waals surface area contributed by atoms with Crippen LogP contribution in [0.1, 0.15) is 25.0 Å². The zero-order chi connectivity index (χ0) is 12.3. The first kappa shape index (κ1) is 12.1.